The Labute approximate surface area is 135 Å². The molecule has 0 bridgehead atoms. The van der Waals surface area contributed by atoms with E-state index in [0.29, 0.717) is 5.56 Å². The molecule has 0 saturated carbocycles. The number of piperidine rings is 1. The average Bonchev–Trinajstić information content (AvgIpc) is 2.41. The predicted molar refractivity (Wildman–Crippen MR) is 88.2 cm³/mol. The SMILES string of the molecule is CN1CCC(NS(=O)(=O)c2cc(C(N)=S)ccc2Cl)CC1. The van der Waals surface area contributed by atoms with E-state index in [9.17, 15) is 8.42 Å². The van der Waals surface area contributed by atoms with E-state index in [0.717, 1.165) is 25.9 Å². The van der Waals surface area contributed by atoms with E-state index in [1.807, 2.05) is 7.05 Å². The highest BCUT2D eigenvalue weighted by Gasteiger charge is 2.25. The van der Waals surface area contributed by atoms with Crippen molar-refractivity contribution in [3.05, 3.63) is 28.8 Å². The lowest BCUT2D eigenvalue weighted by molar-refractivity contribution is 0.248. The minimum Gasteiger partial charge on any atom is -0.389 e. The number of rotatable bonds is 4. The van der Waals surface area contributed by atoms with Crippen molar-refractivity contribution in [2.45, 2.75) is 23.8 Å². The summed E-state index contributed by atoms with van der Waals surface area (Å²) in [5, 5.41) is 0.162. The Morgan fingerprint density at radius 1 is 1.43 bits per heavy atom. The van der Waals surface area contributed by atoms with Gasteiger partial charge >= 0.3 is 0 Å². The number of nitrogens with zero attached hydrogens (tertiary/aromatic N) is 1. The van der Waals surface area contributed by atoms with Gasteiger partial charge in [0, 0.05) is 11.6 Å². The molecule has 1 aromatic carbocycles. The van der Waals surface area contributed by atoms with Crippen LogP contribution in [0.1, 0.15) is 18.4 Å². The number of likely N-dealkylation sites (tertiary alicyclic amines) is 1. The van der Waals surface area contributed by atoms with Crippen LogP contribution < -0.4 is 10.5 Å². The molecule has 8 heteroatoms. The van der Waals surface area contributed by atoms with Gasteiger partial charge in [-0.1, -0.05) is 29.9 Å². The Hall–Kier alpha value is -0.730. The van der Waals surface area contributed by atoms with Gasteiger partial charge in [0.05, 0.1) is 5.02 Å². The van der Waals surface area contributed by atoms with Crippen LogP contribution in [0.15, 0.2) is 23.1 Å². The smallest absolute Gasteiger partial charge is 0.242 e. The first-order valence-corrected chi connectivity index (χ1v) is 8.87. The summed E-state index contributed by atoms with van der Waals surface area (Å²) in [6, 6.07) is 4.45. The maximum Gasteiger partial charge on any atom is 0.242 e. The molecule has 1 saturated heterocycles. The zero-order valence-corrected chi connectivity index (χ0v) is 14.1. The predicted octanol–water partition coefficient (Wildman–Crippen LogP) is 1.35. The highest BCUT2D eigenvalue weighted by molar-refractivity contribution is 7.89. The van der Waals surface area contributed by atoms with Crippen LogP contribution in [0.4, 0.5) is 0 Å². The number of sulfonamides is 1. The third kappa shape index (κ3) is 4.14. The molecule has 0 amide bonds. The van der Waals surface area contributed by atoms with Crippen LogP contribution in [0.2, 0.25) is 5.02 Å². The topological polar surface area (TPSA) is 75.4 Å². The van der Waals surface area contributed by atoms with Crippen molar-refractivity contribution in [2.75, 3.05) is 20.1 Å². The normalized spacial score (nSPS) is 17.8. The van der Waals surface area contributed by atoms with Gasteiger partial charge in [-0.2, -0.15) is 0 Å². The fourth-order valence-corrected chi connectivity index (χ4v) is 4.23. The fraction of sp³-hybridized carbons (Fsp3) is 0.462. The van der Waals surface area contributed by atoms with Gasteiger partial charge in [0.15, 0.2) is 0 Å². The molecule has 0 atom stereocenters. The number of hydrogen-bond acceptors (Lipinski definition) is 4. The van der Waals surface area contributed by atoms with E-state index in [1.165, 1.54) is 12.1 Å². The number of nitrogens with one attached hydrogen (secondary N) is 1. The minimum atomic E-state index is -3.68. The molecular formula is C13H18ClN3O2S2. The number of thiocarbonyl (C=S) groups is 1. The van der Waals surface area contributed by atoms with Gasteiger partial charge in [0.25, 0.3) is 0 Å². The quantitative estimate of drug-likeness (QED) is 0.804. The van der Waals surface area contributed by atoms with Gasteiger partial charge in [-0.05, 0) is 45.1 Å². The number of benzene rings is 1. The van der Waals surface area contributed by atoms with Gasteiger partial charge in [-0.15, -0.1) is 0 Å². The van der Waals surface area contributed by atoms with Gasteiger partial charge < -0.3 is 10.6 Å². The molecule has 0 spiro atoms. The summed E-state index contributed by atoms with van der Waals surface area (Å²) in [4.78, 5) is 2.33. The summed E-state index contributed by atoms with van der Waals surface area (Å²) >= 11 is 10.9. The summed E-state index contributed by atoms with van der Waals surface area (Å²) in [6.45, 7) is 1.74. The van der Waals surface area contributed by atoms with Crippen LogP contribution in [0.3, 0.4) is 0 Å². The molecule has 0 aliphatic carbocycles. The second-order valence-corrected chi connectivity index (χ2v) is 7.74. The van der Waals surface area contributed by atoms with Crippen molar-refractivity contribution < 1.29 is 8.42 Å². The monoisotopic (exact) mass is 347 g/mol. The zero-order chi connectivity index (χ0) is 15.6. The van der Waals surface area contributed by atoms with Crippen LogP contribution in [0.5, 0.6) is 0 Å². The molecule has 2 rings (SSSR count). The third-order valence-corrected chi connectivity index (χ3v) is 5.78. The molecule has 1 aliphatic rings. The highest BCUT2D eigenvalue weighted by atomic mass is 35.5. The van der Waals surface area contributed by atoms with E-state index in [1.54, 1.807) is 6.07 Å². The Morgan fingerprint density at radius 3 is 2.62 bits per heavy atom. The Kier molecular flexibility index (Phi) is 5.21. The van der Waals surface area contributed by atoms with E-state index >= 15 is 0 Å². The molecule has 1 aromatic rings. The second kappa shape index (κ2) is 6.58. The van der Waals surface area contributed by atoms with E-state index in [2.05, 4.69) is 9.62 Å². The van der Waals surface area contributed by atoms with Crippen LogP contribution in [0.25, 0.3) is 0 Å². The maximum absolute atomic E-state index is 12.5. The first kappa shape index (κ1) is 16.6. The number of nitrogens with two attached hydrogens (primary N) is 1. The van der Waals surface area contributed by atoms with Gasteiger partial charge in [0.1, 0.15) is 9.88 Å². The second-order valence-electron chi connectivity index (χ2n) is 5.21. The maximum atomic E-state index is 12.5. The lowest BCUT2D eigenvalue weighted by Gasteiger charge is -2.29. The summed E-state index contributed by atoms with van der Waals surface area (Å²) in [6.07, 6.45) is 1.56. The fourth-order valence-electron chi connectivity index (χ4n) is 2.27. The molecule has 0 unspecified atom stereocenters. The van der Waals surface area contributed by atoms with Crippen LogP contribution in [-0.4, -0.2) is 44.5 Å². The molecule has 21 heavy (non-hydrogen) atoms. The highest BCUT2D eigenvalue weighted by Crippen LogP contribution is 2.24. The molecule has 1 heterocycles. The van der Waals surface area contributed by atoms with Crippen molar-refractivity contribution in [2.24, 2.45) is 5.73 Å². The summed E-state index contributed by atoms with van der Waals surface area (Å²) in [5.41, 5.74) is 6.03. The van der Waals surface area contributed by atoms with E-state index in [4.69, 9.17) is 29.6 Å². The number of halogens is 1. The first-order chi connectivity index (χ1) is 9.79. The number of hydrogen-bond donors (Lipinski definition) is 2. The van der Waals surface area contributed by atoms with Crippen LogP contribution in [0, 0.1) is 0 Å². The van der Waals surface area contributed by atoms with Crippen molar-refractivity contribution in [3.8, 4) is 0 Å². The molecule has 0 radical (unpaired) electrons. The zero-order valence-electron chi connectivity index (χ0n) is 11.7. The van der Waals surface area contributed by atoms with E-state index in [-0.39, 0.29) is 20.9 Å². The first-order valence-electron chi connectivity index (χ1n) is 6.60. The molecule has 1 aliphatic heterocycles. The van der Waals surface area contributed by atoms with Crippen LogP contribution in [-0.2, 0) is 10.0 Å². The van der Waals surface area contributed by atoms with Gasteiger partial charge in [-0.3, -0.25) is 0 Å². The average molecular weight is 348 g/mol. The molecule has 1 fully saturated rings. The summed E-state index contributed by atoms with van der Waals surface area (Å²) < 4.78 is 27.7. The van der Waals surface area contributed by atoms with Crippen LogP contribution >= 0.6 is 23.8 Å². The summed E-state index contributed by atoms with van der Waals surface area (Å²) in [7, 11) is -1.66. The minimum absolute atomic E-state index is 0.0217. The Morgan fingerprint density at radius 2 is 2.05 bits per heavy atom. The molecule has 0 aromatic heterocycles. The van der Waals surface area contributed by atoms with Gasteiger partial charge in [-0.25, -0.2) is 13.1 Å². The van der Waals surface area contributed by atoms with E-state index < -0.39 is 10.0 Å². The van der Waals surface area contributed by atoms with Crippen molar-refractivity contribution in [1.29, 1.82) is 0 Å². The standard InChI is InChI=1S/C13H18ClN3O2S2/c1-17-6-4-10(5-7-17)16-21(18,19)12-8-9(13(15)20)2-3-11(12)14/h2-3,8,10,16H,4-7H2,1H3,(H2,15,20). The van der Waals surface area contributed by atoms with Crippen molar-refractivity contribution in [1.82, 2.24) is 9.62 Å². The van der Waals surface area contributed by atoms with Gasteiger partial charge in [0.2, 0.25) is 10.0 Å². The lowest BCUT2D eigenvalue weighted by atomic mass is 10.1. The van der Waals surface area contributed by atoms with Crippen molar-refractivity contribution in [3.63, 3.8) is 0 Å². The molecule has 5 nitrogen and oxygen atoms in total. The Balaban J connectivity index is 2.23. The largest absolute Gasteiger partial charge is 0.389 e. The summed E-state index contributed by atoms with van der Waals surface area (Å²) in [5.74, 6) is 0. The molecule has 3 N–H and O–H groups in total. The molecule has 116 valence electrons. The van der Waals surface area contributed by atoms with Crippen molar-refractivity contribution >= 4 is 38.8 Å². The lowest BCUT2D eigenvalue weighted by Crippen LogP contribution is -2.43. The Bertz CT molecular complexity index is 641. The third-order valence-electron chi connectivity index (χ3n) is 3.55. The molecular weight excluding hydrogens is 330 g/mol.